The fourth-order valence-electron chi connectivity index (χ4n) is 3.41. The van der Waals surface area contributed by atoms with E-state index in [1.54, 1.807) is 30.3 Å². The molecule has 0 saturated carbocycles. The van der Waals surface area contributed by atoms with Crippen molar-refractivity contribution in [3.8, 4) is 11.5 Å². The molecule has 1 N–H and O–H groups in total. The number of nitrogens with one attached hydrogen (secondary N) is 1. The number of ether oxygens (including phenoxy) is 3. The third-order valence-electron chi connectivity index (χ3n) is 4.95. The Labute approximate surface area is 187 Å². The van der Waals surface area contributed by atoms with Gasteiger partial charge < -0.3 is 24.1 Å². The highest BCUT2D eigenvalue weighted by Gasteiger charge is 2.38. The molecular weight excluding hydrogens is 443 g/mol. The van der Waals surface area contributed by atoms with E-state index in [1.165, 1.54) is 33.5 Å². The van der Waals surface area contributed by atoms with Gasteiger partial charge in [-0.1, -0.05) is 18.2 Å². The minimum absolute atomic E-state index is 0.114. The molecule has 1 heterocycles. The van der Waals surface area contributed by atoms with E-state index in [0.717, 1.165) is 4.57 Å². The van der Waals surface area contributed by atoms with Gasteiger partial charge in [0.05, 0.1) is 44.8 Å². The molecule has 0 fully saturated rings. The van der Waals surface area contributed by atoms with E-state index in [0.29, 0.717) is 17.1 Å². The van der Waals surface area contributed by atoms with E-state index < -0.39 is 36.5 Å². The van der Waals surface area contributed by atoms with Crippen molar-refractivity contribution in [1.82, 2.24) is 14.9 Å². The molecule has 0 spiro atoms. The van der Waals surface area contributed by atoms with Gasteiger partial charge in [-0.25, -0.2) is 4.98 Å². The number of alkyl halides is 3. The average molecular weight is 465 g/mol. The van der Waals surface area contributed by atoms with Gasteiger partial charge in [0.25, 0.3) is 0 Å². The van der Waals surface area contributed by atoms with Crippen LogP contribution >= 0.6 is 0 Å². The van der Waals surface area contributed by atoms with Crippen LogP contribution in [0.4, 0.5) is 13.2 Å². The predicted molar refractivity (Wildman–Crippen MR) is 112 cm³/mol. The number of esters is 1. The van der Waals surface area contributed by atoms with E-state index in [4.69, 9.17) is 14.2 Å². The molecule has 11 heteroatoms. The third kappa shape index (κ3) is 5.36. The molecule has 2 aromatic carbocycles. The molecule has 0 saturated heterocycles. The smallest absolute Gasteiger partial charge is 0.449 e. The van der Waals surface area contributed by atoms with Crippen molar-refractivity contribution in [2.24, 2.45) is 0 Å². The fourth-order valence-corrected chi connectivity index (χ4v) is 3.41. The molecule has 1 amide bonds. The number of amides is 1. The second-order valence-electron chi connectivity index (χ2n) is 7.02. The van der Waals surface area contributed by atoms with Gasteiger partial charge in [-0.2, -0.15) is 13.2 Å². The molecule has 1 unspecified atom stereocenters. The summed E-state index contributed by atoms with van der Waals surface area (Å²) in [6.07, 6.45) is -5.00. The van der Waals surface area contributed by atoms with Crippen LogP contribution in [0.1, 0.15) is 23.9 Å². The van der Waals surface area contributed by atoms with Gasteiger partial charge in [-0.05, 0) is 29.8 Å². The Morgan fingerprint density at radius 2 is 1.76 bits per heavy atom. The van der Waals surface area contributed by atoms with Crippen LogP contribution in [0, 0.1) is 0 Å². The molecule has 3 aromatic rings. The third-order valence-corrected chi connectivity index (χ3v) is 4.95. The standard InChI is InChI=1S/C22H22F3N3O5/c1-31-17-9-8-13(10-18(17)32-2)15(11-20(30)33-3)26-19(29)12-28-16-7-5-4-6-14(16)27-21(28)22(23,24)25/h4-10,15H,11-12H2,1-3H3,(H,26,29). The van der Waals surface area contributed by atoms with E-state index >= 15 is 0 Å². The zero-order valence-corrected chi connectivity index (χ0v) is 18.1. The maximum atomic E-state index is 13.5. The second-order valence-corrected chi connectivity index (χ2v) is 7.02. The number of nitrogens with zero attached hydrogens (tertiary/aromatic N) is 2. The topological polar surface area (TPSA) is 91.7 Å². The zero-order chi connectivity index (χ0) is 24.2. The normalized spacial score (nSPS) is 12.3. The number of fused-ring (bicyclic) bond motifs is 1. The molecule has 1 atom stereocenters. The summed E-state index contributed by atoms with van der Waals surface area (Å²) in [6.45, 7) is -0.652. The first kappa shape index (κ1) is 23.9. The number of halogens is 3. The molecule has 176 valence electrons. The predicted octanol–water partition coefficient (Wildman–Crippen LogP) is 3.49. The monoisotopic (exact) mass is 465 g/mol. The van der Waals surface area contributed by atoms with Crippen molar-refractivity contribution in [2.75, 3.05) is 21.3 Å². The largest absolute Gasteiger partial charge is 0.493 e. The molecular formula is C22H22F3N3O5. The van der Waals surface area contributed by atoms with E-state index in [2.05, 4.69) is 10.3 Å². The van der Waals surface area contributed by atoms with Gasteiger partial charge in [-0.15, -0.1) is 0 Å². The van der Waals surface area contributed by atoms with Gasteiger partial charge in [0.2, 0.25) is 11.7 Å². The number of benzene rings is 2. The summed E-state index contributed by atoms with van der Waals surface area (Å²) in [7, 11) is 4.08. The van der Waals surface area contributed by atoms with Crippen LogP contribution < -0.4 is 14.8 Å². The van der Waals surface area contributed by atoms with Crippen molar-refractivity contribution in [3.05, 3.63) is 53.9 Å². The Balaban J connectivity index is 1.92. The highest BCUT2D eigenvalue weighted by Crippen LogP contribution is 2.33. The summed E-state index contributed by atoms with van der Waals surface area (Å²) >= 11 is 0. The number of hydrogen-bond donors (Lipinski definition) is 1. The minimum atomic E-state index is -4.76. The molecule has 1 aromatic heterocycles. The van der Waals surface area contributed by atoms with E-state index in [1.807, 2.05) is 0 Å². The highest BCUT2D eigenvalue weighted by molar-refractivity contribution is 5.82. The molecule has 0 aliphatic carbocycles. The Morgan fingerprint density at radius 3 is 2.39 bits per heavy atom. The van der Waals surface area contributed by atoms with Gasteiger partial charge in [0.1, 0.15) is 6.54 Å². The van der Waals surface area contributed by atoms with Crippen molar-refractivity contribution in [2.45, 2.75) is 25.2 Å². The van der Waals surface area contributed by atoms with Gasteiger partial charge in [-0.3, -0.25) is 9.59 Å². The van der Waals surface area contributed by atoms with E-state index in [-0.39, 0.29) is 17.5 Å². The number of imidazole rings is 1. The number of aromatic nitrogens is 2. The fraction of sp³-hybridized carbons (Fsp3) is 0.318. The number of hydrogen-bond acceptors (Lipinski definition) is 6. The summed E-state index contributed by atoms with van der Waals surface area (Å²) in [5, 5.41) is 2.62. The summed E-state index contributed by atoms with van der Waals surface area (Å²) in [5.41, 5.74) is 0.761. The number of methoxy groups -OCH3 is 3. The highest BCUT2D eigenvalue weighted by atomic mass is 19.4. The Kier molecular flexibility index (Phi) is 7.10. The Morgan fingerprint density at radius 1 is 1.06 bits per heavy atom. The van der Waals surface area contributed by atoms with Gasteiger partial charge in [0.15, 0.2) is 11.5 Å². The molecule has 3 rings (SSSR count). The lowest BCUT2D eigenvalue weighted by Crippen LogP contribution is -2.34. The molecule has 8 nitrogen and oxygen atoms in total. The molecule has 0 aliphatic heterocycles. The van der Waals surface area contributed by atoms with Crippen LogP contribution in [-0.2, 0) is 27.0 Å². The van der Waals surface area contributed by atoms with Crippen molar-refractivity contribution >= 4 is 22.9 Å². The van der Waals surface area contributed by atoms with Crippen LogP contribution in [0.2, 0.25) is 0 Å². The minimum Gasteiger partial charge on any atom is -0.493 e. The summed E-state index contributed by atoms with van der Waals surface area (Å²) in [5.74, 6) is -1.75. The maximum Gasteiger partial charge on any atom is 0.449 e. The van der Waals surface area contributed by atoms with Crippen molar-refractivity contribution in [1.29, 1.82) is 0 Å². The van der Waals surface area contributed by atoms with E-state index in [9.17, 15) is 22.8 Å². The molecule has 0 aliphatic rings. The lowest BCUT2D eigenvalue weighted by atomic mass is 10.0. The quantitative estimate of drug-likeness (QED) is 0.512. The van der Waals surface area contributed by atoms with Crippen LogP contribution in [0.15, 0.2) is 42.5 Å². The van der Waals surface area contributed by atoms with Crippen molar-refractivity contribution in [3.63, 3.8) is 0 Å². The SMILES string of the molecule is COC(=O)CC(NC(=O)Cn1c(C(F)(F)F)nc2ccccc21)c1ccc(OC)c(OC)c1. The van der Waals surface area contributed by atoms with Crippen LogP contribution in [0.3, 0.4) is 0 Å². The second kappa shape index (κ2) is 9.80. The summed E-state index contributed by atoms with van der Waals surface area (Å²) in [4.78, 5) is 28.4. The molecule has 33 heavy (non-hydrogen) atoms. The lowest BCUT2D eigenvalue weighted by Gasteiger charge is -2.20. The van der Waals surface area contributed by atoms with Crippen LogP contribution in [0.5, 0.6) is 11.5 Å². The number of para-hydroxylation sites is 2. The Bertz CT molecular complexity index is 1160. The van der Waals surface area contributed by atoms with Crippen LogP contribution in [-0.4, -0.2) is 42.8 Å². The van der Waals surface area contributed by atoms with Gasteiger partial charge in [0, 0.05) is 0 Å². The summed E-state index contributed by atoms with van der Waals surface area (Å²) < 4.78 is 56.6. The first-order valence-electron chi connectivity index (χ1n) is 9.78. The first-order valence-corrected chi connectivity index (χ1v) is 9.78. The number of carbonyl (C=O) groups is 2. The zero-order valence-electron chi connectivity index (χ0n) is 18.1. The lowest BCUT2D eigenvalue weighted by molar-refractivity contribution is -0.147. The number of carbonyl (C=O) groups excluding carboxylic acids is 2. The maximum absolute atomic E-state index is 13.5. The molecule has 0 bridgehead atoms. The van der Waals surface area contributed by atoms with Gasteiger partial charge >= 0.3 is 12.1 Å². The first-order chi connectivity index (χ1) is 15.7. The number of rotatable bonds is 8. The van der Waals surface area contributed by atoms with Crippen LogP contribution in [0.25, 0.3) is 11.0 Å². The average Bonchev–Trinajstić information content (AvgIpc) is 3.16. The summed E-state index contributed by atoms with van der Waals surface area (Å²) in [6, 6.07) is 9.90. The Hall–Kier alpha value is -3.76. The van der Waals surface area contributed by atoms with Crippen molar-refractivity contribution < 1.29 is 37.0 Å². The molecule has 0 radical (unpaired) electrons.